The summed E-state index contributed by atoms with van der Waals surface area (Å²) in [6.07, 6.45) is 7.70. The average molecular weight is 198 g/mol. The second-order valence-corrected chi connectivity index (χ2v) is 4.19. The van der Waals surface area contributed by atoms with Crippen molar-refractivity contribution in [2.75, 3.05) is 13.2 Å². The maximum atomic E-state index is 11.0. The molecule has 0 spiro atoms. The number of carbonyl (C=O) groups excluding carboxylic acids is 1. The lowest BCUT2D eigenvalue weighted by Crippen LogP contribution is -2.13. The van der Waals surface area contributed by atoms with E-state index in [1.165, 1.54) is 25.7 Å². The van der Waals surface area contributed by atoms with Gasteiger partial charge in [-0.2, -0.15) is 0 Å². The molecule has 82 valence electrons. The molecule has 2 heteroatoms. The fourth-order valence-corrected chi connectivity index (χ4v) is 1.68. The highest BCUT2D eigenvalue weighted by Gasteiger charge is 2.16. The molecule has 0 aliphatic heterocycles. The molecule has 0 saturated heterocycles. The summed E-state index contributed by atoms with van der Waals surface area (Å²) in [6.45, 7) is 3.57. The third-order valence-corrected chi connectivity index (χ3v) is 3.03. The maximum Gasteiger partial charge on any atom is 0.132 e. The van der Waals surface area contributed by atoms with Gasteiger partial charge in [0, 0.05) is 26.1 Å². The normalized spacial score (nSPS) is 16.6. The Labute approximate surface area is 87.0 Å². The molecular weight excluding hydrogens is 176 g/mol. The molecule has 0 aromatic carbocycles. The molecule has 1 rings (SSSR count). The van der Waals surface area contributed by atoms with E-state index in [2.05, 4.69) is 0 Å². The summed E-state index contributed by atoms with van der Waals surface area (Å²) in [4.78, 5) is 11.0. The number of Topliss-reactive ketones (excluding diaryl/α,β-unsaturated/α-hetero) is 1. The zero-order valence-electron chi connectivity index (χ0n) is 9.26. The van der Waals surface area contributed by atoms with Crippen LogP contribution in [-0.2, 0) is 9.53 Å². The summed E-state index contributed by atoms with van der Waals surface area (Å²) < 4.78 is 5.48. The Bertz CT molecular complexity index is 162. The van der Waals surface area contributed by atoms with Gasteiger partial charge in [0.25, 0.3) is 0 Å². The molecule has 1 aliphatic rings. The van der Waals surface area contributed by atoms with E-state index in [4.69, 9.17) is 4.74 Å². The van der Waals surface area contributed by atoms with Crippen molar-refractivity contribution in [3.63, 3.8) is 0 Å². The van der Waals surface area contributed by atoms with Gasteiger partial charge in [0.2, 0.25) is 0 Å². The van der Waals surface area contributed by atoms with Gasteiger partial charge in [0.05, 0.1) is 0 Å². The maximum absolute atomic E-state index is 11.0. The van der Waals surface area contributed by atoms with Crippen LogP contribution in [0.15, 0.2) is 0 Å². The van der Waals surface area contributed by atoms with Crippen LogP contribution in [0.3, 0.4) is 0 Å². The van der Waals surface area contributed by atoms with Crippen LogP contribution in [0.2, 0.25) is 0 Å². The summed E-state index contributed by atoms with van der Waals surface area (Å²) in [7, 11) is 0. The molecule has 2 nitrogen and oxygen atoms in total. The largest absolute Gasteiger partial charge is 0.381 e. The van der Waals surface area contributed by atoms with Crippen LogP contribution in [0.5, 0.6) is 0 Å². The van der Waals surface area contributed by atoms with Crippen molar-refractivity contribution < 1.29 is 9.53 Å². The molecule has 1 aliphatic carbocycles. The number of rotatable bonds is 8. The number of carbonyl (C=O) groups is 1. The molecule has 14 heavy (non-hydrogen) atoms. The van der Waals surface area contributed by atoms with Crippen molar-refractivity contribution in [2.45, 2.75) is 51.9 Å². The molecule has 0 bridgehead atoms. The predicted molar refractivity (Wildman–Crippen MR) is 57.3 cm³/mol. The van der Waals surface area contributed by atoms with E-state index in [1.54, 1.807) is 0 Å². The zero-order valence-corrected chi connectivity index (χ0v) is 9.26. The van der Waals surface area contributed by atoms with E-state index in [9.17, 15) is 4.79 Å². The number of ketones is 1. The van der Waals surface area contributed by atoms with Crippen LogP contribution in [0, 0.1) is 5.92 Å². The summed E-state index contributed by atoms with van der Waals surface area (Å²) >= 11 is 0. The third kappa shape index (κ3) is 4.75. The van der Waals surface area contributed by atoms with Gasteiger partial charge in [-0.25, -0.2) is 0 Å². The topological polar surface area (TPSA) is 26.3 Å². The first-order chi connectivity index (χ1) is 6.83. The SMILES string of the molecule is CCC(=O)CCCOCCC1CCC1. The number of hydrogen-bond donors (Lipinski definition) is 0. The Hall–Kier alpha value is -0.370. The standard InChI is InChI=1S/C12H22O2/c1-2-12(13)7-4-9-14-10-8-11-5-3-6-11/h11H,2-10H2,1H3. The van der Waals surface area contributed by atoms with E-state index >= 15 is 0 Å². The Balaban J connectivity index is 1.77. The van der Waals surface area contributed by atoms with Gasteiger partial charge in [-0.05, 0) is 18.8 Å². The molecule has 0 aromatic heterocycles. The molecule has 0 unspecified atom stereocenters. The van der Waals surface area contributed by atoms with E-state index in [0.717, 1.165) is 25.6 Å². The molecule has 0 heterocycles. The van der Waals surface area contributed by atoms with Crippen molar-refractivity contribution in [2.24, 2.45) is 5.92 Å². The van der Waals surface area contributed by atoms with Crippen LogP contribution in [0.4, 0.5) is 0 Å². The van der Waals surface area contributed by atoms with Crippen LogP contribution < -0.4 is 0 Å². The minimum Gasteiger partial charge on any atom is -0.381 e. The molecule has 1 fully saturated rings. The Morgan fingerprint density at radius 1 is 1.36 bits per heavy atom. The van der Waals surface area contributed by atoms with E-state index in [1.807, 2.05) is 6.92 Å². The minimum atomic E-state index is 0.354. The van der Waals surface area contributed by atoms with Crippen molar-refractivity contribution >= 4 is 5.78 Å². The molecule has 0 atom stereocenters. The Morgan fingerprint density at radius 3 is 2.71 bits per heavy atom. The second-order valence-electron chi connectivity index (χ2n) is 4.19. The third-order valence-electron chi connectivity index (χ3n) is 3.03. The van der Waals surface area contributed by atoms with Crippen LogP contribution in [0.1, 0.15) is 51.9 Å². The van der Waals surface area contributed by atoms with Crippen LogP contribution >= 0.6 is 0 Å². The zero-order chi connectivity index (χ0) is 10.2. The molecule has 0 aromatic rings. The van der Waals surface area contributed by atoms with Crippen LogP contribution in [0.25, 0.3) is 0 Å². The quantitative estimate of drug-likeness (QED) is 0.560. The Morgan fingerprint density at radius 2 is 2.14 bits per heavy atom. The van der Waals surface area contributed by atoms with Gasteiger partial charge in [0.15, 0.2) is 0 Å². The van der Waals surface area contributed by atoms with Gasteiger partial charge in [-0.15, -0.1) is 0 Å². The van der Waals surface area contributed by atoms with E-state index in [0.29, 0.717) is 18.6 Å². The summed E-state index contributed by atoms with van der Waals surface area (Å²) in [5.74, 6) is 1.29. The average Bonchev–Trinajstić information content (AvgIpc) is 2.13. The highest BCUT2D eigenvalue weighted by atomic mass is 16.5. The first kappa shape index (κ1) is 11.7. The lowest BCUT2D eigenvalue weighted by Gasteiger charge is -2.24. The lowest BCUT2D eigenvalue weighted by atomic mass is 9.83. The highest BCUT2D eigenvalue weighted by Crippen LogP contribution is 2.29. The minimum absolute atomic E-state index is 0.354. The summed E-state index contributed by atoms with van der Waals surface area (Å²) in [5.41, 5.74) is 0. The molecule has 0 radical (unpaired) electrons. The van der Waals surface area contributed by atoms with Gasteiger partial charge in [0.1, 0.15) is 5.78 Å². The van der Waals surface area contributed by atoms with Gasteiger partial charge in [-0.3, -0.25) is 4.79 Å². The van der Waals surface area contributed by atoms with Gasteiger partial charge in [-0.1, -0.05) is 26.2 Å². The summed E-state index contributed by atoms with van der Waals surface area (Å²) in [6, 6.07) is 0. The number of hydrogen-bond acceptors (Lipinski definition) is 2. The predicted octanol–water partition coefficient (Wildman–Crippen LogP) is 2.95. The lowest BCUT2D eigenvalue weighted by molar-refractivity contribution is -0.119. The fourth-order valence-electron chi connectivity index (χ4n) is 1.68. The summed E-state index contributed by atoms with van der Waals surface area (Å²) in [5, 5.41) is 0. The first-order valence-electron chi connectivity index (χ1n) is 5.92. The smallest absolute Gasteiger partial charge is 0.132 e. The van der Waals surface area contributed by atoms with Crippen LogP contribution in [-0.4, -0.2) is 19.0 Å². The molecule has 0 amide bonds. The van der Waals surface area contributed by atoms with Crippen molar-refractivity contribution in [3.05, 3.63) is 0 Å². The molecule has 0 N–H and O–H groups in total. The monoisotopic (exact) mass is 198 g/mol. The first-order valence-corrected chi connectivity index (χ1v) is 5.92. The Kier molecular flexibility index (Phi) is 5.85. The van der Waals surface area contributed by atoms with Gasteiger partial charge < -0.3 is 4.74 Å². The molecular formula is C12H22O2. The van der Waals surface area contributed by atoms with E-state index in [-0.39, 0.29) is 0 Å². The van der Waals surface area contributed by atoms with E-state index < -0.39 is 0 Å². The van der Waals surface area contributed by atoms with Crippen molar-refractivity contribution in [3.8, 4) is 0 Å². The highest BCUT2D eigenvalue weighted by molar-refractivity contribution is 5.77. The number of ether oxygens (including phenoxy) is 1. The van der Waals surface area contributed by atoms with Crippen molar-refractivity contribution in [1.82, 2.24) is 0 Å². The van der Waals surface area contributed by atoms with Crippen molar-refractivity contribution in [1.29, 1.82) is 0 Å². The van der Waals surface area contributed by atoms with Gasteiger partial charge >= 0.3 is 0 Å². The second kappa shape index (κ2) is 6.99. The molecule has 1 saturated carbocycles. The fraction of sp³-hybridized carbons (Fsp3) is 0.917.